The molecule has 3 N–H and O–H groups in total. The number of carbonyl (C=O) groups excluding carboxylic acids is 1. The number of hydrogen-bond acceptors (Lipinski definition) is 7. The highest BCUT2D eigenvalue weighted by atomic mass is 19.1. The summed E-state index contributed by atoms with van der Waals surface area (Å²) < 4.78 is 35.0. The number of halogens is 1. The third-order valence-electron chi connectivity index (χ3n) is 5.78. The van der Waals surface area contributed by atoms with Gasteiger partial charge in [-0.2, -0.15) is 0 Å². The zero-order chi connectivity index (χ0) is 25.4. The molecule has 0 bridgehead atoms. The van der Waals surface area contributed by atoms with Crippen molar-refractivity contribution in [3.8, 4) is 11.5 Å². The van der Waals surface area contributed by atoms with Gasteiger partial charge in [-0.15, -0.1) is 0 Å². The van der Waals surface area contributed by atoms with E-state index < -0.39 is 6.10 Å². The summed E-state index contributed by atoms with van der Waals surface area (Å²) in [7, 11) is 0. The second-order valence-electron chi connectivity index (χ2n) is 8.66. The van der Waals surface area contributed by atoms with Crippen LogP contribution < -0.4 is 20.1 Å². The molecule has 198 valence electrons. The summed E-state index contributed by atoms with van der Waals surface area (Å²) in [6.45, 7) is 4.34. The molecule has 1 aliphatic heterocycles. The van der Waals surface area contributed by atoms with Gasteiger partial charge < -0.3 is 34.7 Å². The molecule has 1 amide bonds. The Hall–Kier alpha value is -2.72. The summed E-state index contributed by atoms with van der Waals surface area (Å²) in [6.07, 6.45) is 1.60. The van der Waals surface area contributed by atoms with Gasteiger partial charge in [0, 0.05) is 38.8 Å². The first-order valence-electron chi connectivity index (χ1n) is 12.5. The van der Waals surface area contributed by atoms with E-state index in [4.69, 9.17) is 18.9 Å². The Labute approximate surface area is 212 Å². The Balaban J connectivity index is 1.18. The van der Waals surface area contributed by atoms with Crippen LogP contribution in [0.1, 0.15) is 18.4 Å². The van der Waals surface area contributed by atoms with Gasteiger partial charge in [0.1, 0.15) is 36.6 Å². The summed E-state index contributed by atoms with van der Waals surface area (Å²) in [5.74, 6) is 1.22. The Morgan fingerprint density at radius 2 is 1.67 bits per heavy atom. The van der Waals surface area contributed by atoms with Gasteiger partial charge in [0.2, 0.25) is 5.91 Å². The van der Waals surface area contributed by atoms with Crippen molar-refractivity contribution in [3.63, 3.8) is 0 Å². The molecule has 2 aromatic rings. The summed E-state index contributed by atoms with van der Waals surface area (Å²) in [5, 5.41) is 16.1. The van der Waals surface area contributed by atoms with Crippen LogP contribution in [0.25, 0.3) is 0 Å². The predicted octanol–water partition coefficient (Wildman–Crippen LogP) is 2.34. The van der Waals surface area contributed by atoms with E-state index >= 15 is 0 Å². The lowest BCUT2D eigenvalue weighted by molar-refractivity contribution is -0.127. The molecule has 0 spiro atoms. The molecule has 1 fully saturated rings. The van der Waals surface area contributed by atoms with Gasteiger partial charge in [-0.1, -0.05) is 12.1 Å². The quantitative estimate of drug-likeness (QED) is 0.302. The van der Waals surface area contributed by atoms with E-state index in [9.17, 15) is 14.3 Å². The maximum absolute atomic E-state index is 12.9. The topological polar surface area (TPSA) is 98.3 Å². The molecule has 9 heteroatoms. The first-order valence-corrected chi connectivity index (χ1v) is 12.5. The van der Waals surface area contributed by atoms with Crippen molar-refractivity contribution in [3.05, 3.63) is 59.9 Å². The zero-order valence-electron chi connectivity index (χ0n) is 20.6. The number of nitrogens with one attached hydrogen (secondary N) is 2. The zero-order valence-corrected chi connectivity index (χ0v) is 20.6. The van der Waals surface area contributed by atoms with Gasteiger partial charge in [0.15, 0.2) is 0 Å². The minimum absolute atomic E-state index is 0.0434. The minimum Gasteiger partial charge on any atom is -0.491 e. The van der Waals surface area contributed by atoms with Gasteiger partial charge in [-0.05, 0) is 61.2 Å². The molecule has 36 heavy (non-hydrogen) atoms. The van der Waals surface area contributed by atoms with Crippen molar-refractivity contribution in [1.82, 2.24) is 10.6 Å². The summed E-state index contributed by atoms with van der Waals surface area (Å²) in [4.78, 5) is 12.0. The number of ether oxygens (including phenoxy) is 4. The number of benzene rings is 2. The molecular formula is C27H37FN2O6. The van der Waals surface area contributed by atoms with Crippen molar-refractivity contribution >= 4 is 5.91 Å². The average Bonchev–Trinajstić information content (AvgIpc) is 2.91. The van der Waals surface area contributed by atoms with Crippen LogP contribution in [0.5, 0.6) is 11.5 Å². The van der Waals surface area contributed by atoms with E-state index in [1.807, 2.05) is 0 Å². The Morgan fingerprint density at radius 1 is 0.972 bits per heavy atom. The van der Waals surface area contributed by atoms with Gasteiger partial charge >= 0.3 is 0 Å². The van der Waals surface area contributed by atoms with E-state index in [1.54, 1.807) is 36.4 Å². The average molecular weight is 505 g/mol. The van der Waals surface area contributed by atoms with Gasteiger partial charge in [-0.25, -0.2) is 4.39 Å². The lowest BCUT2D eigenvalue weighted by Gasteiger charge is -2.21. The van der Waals surface area contributed by atoms with Crippen molar-refractivity contribution < 1.29 is 33.2 Å². The number of carbonyl (C=O) groups is 1. The summed E-state index contributed by atoms with van der Waals surface area (Å²) in [5.41, 5.74) is 1.03. The summed E-state index contributed by atoms with van der Waals surface area (Å²) in [6, 6.07) is 13.6. The molecule has 3 rings (SSSR count). The first-order chi connectivity index (χ1) is 17.6. The Morgan fingerprint density at radius 3 is 2.39 bits per heavy atom. The number of aliphatic hydroxyl groups excluding tert-OH is 1. The van der Waals surface area contributed by atoms with Crippen LogP contribution in [-0.4, -0.2) is 76.4 Å². The molecule has 1 atom stereocenters. The molecule has 8 nitrogen and oxygen atoms in total. The van der Waals surface area contributed by atoms with Crippen molar-refractivity contribution in [1.29, 1.82) is 0 Å². The minimum atomic E-state index is -0.667. The maximum Gasteiger partial charge on any atom is 0.223 e. The van der Waals surface area contributed by atoms with Gasteiger partial charge in [0.05, 0.1) is 13.2 Å². The number of rotatable bonds is 16. The molecule has 0 aromatic heterocycles. The third kappa shape index (κ3) is 10.9. The second kappa shape index (κ2) is 16.1. The van der Waals surface area contributed by atoms with E-state index in [-0.39, 0.29) is 24.2 Å². The molecule has 0 saturated carbocycles. The molecule has 1 heterocycles. The van der Waals surface area contributed by atoms with Gasteiger partial charge in [0.25, 0.3) is 0 Å². The molecule has 0 aliphatic carbocycles. The van der Waals surface area contributed by atoms with E-state index in [1.165, 1.54) is 12.1 Å². The van der Waals surface area contributed by atoms with E-state index in [2.05, 4.69) is 10.6 Å². The largest absolute Gasteiger partial charge is 0.491 e. The first kappa shape index (κ1) is 27.9. The second-order valence-corrected chi connectivity index (χ2v) is 8.66. The highest BCUT2D eigenvalue weighted by molar-refractivity contribution is 5.78. The predicted molar refractivity (Wildman–Crippen MR) is 134 cm³/mol. The van der Waals surface area contributed by atoms with E-state index in [0.29, 0.717) is 64.2 Å². The molecule has 2 aromatic carbocycles. The van der Waals surface area contributed by atoms with Crippen LogP contribution in [0.3, 0.4) is 0 Å². The molecule has 0 radical (unpaired) electrons. The normalized spacial score (nSPS) is 14.8. The fourth-order valence-corrected chi connectivity index (χ4v) is 3.69. The standard InChI is InChI=1S/C27H37FN2O6/c28-23-3-1-21(2-4-23)9-14-34-17-18-35-25-5-7-26(8-6-25)36-20-24(31)19-29-12-13-30-27(32)22-10-15-33-16-11-22/h1-8,22,24,29,31H,9-20H2,(H,30,32). The van der Waals surface area contributed by atoms with Crippen LogP contribution in [0.4, 0.5) is 4.39 Å². The molecule has 1 unspecified atom stereocenters. The van der Waals surface area contributed by atoms with Crippen molar-refractivity contribution in [2.24, 2.45) is 5.92 Å². The number of aliphatic hydroxyl groups is 1. The Bertz CT molecular complexity index is 875. The van der Waals surface area contributed by atoms with Crippen molar-refractivity contribution in [2.75, 3.05) is 59.3 Å². The summed E-state index contributed by atoms with van der Waals surface area (Å²) >= 11 is 0. The highest BCUT2D eigenvalue weighted by Gasteiger charge is 2.20. The molecular weight excluding hydrogens is 467 g/mol. The Kier molecular flexibility index (Phi) is 12.5. The SMILES string of the molecule is O=C(NCCNCC(O)COc1ccc(OCCOCCc2ccc(F)cc2)cc1)C1CCOCC1. The number of hydrogen-bond donors (Lipinski definition) is 3. The van der Waals surface area contributed by atoms with Crippen LogP contribution in [0.15, 0.2) is 48.5 Å². The lowest BCUT2D eigenvalue weighted by Crippen LogP contribution is -2.40. The third-order valence-corrected chi connectivity index (χ3v) is 5.78. The van der Waals surface area contributed by atoms with Crippen LogP contribution in [0, 0.1) is 11.7 Å². The molecule has 1 saturated heterocycles. The van der Waals surface area contributed by atoms with Gasteiger partial charge in [-0.3, -0.25) is 4.79 Å². The van der Waals surface area contributed by atoms with Crippen LogP contribution in [-0.2, 0) is 20.7 Å². The number of amides is 1. The maximum atomic E-state index is 12.9. The molecule has 1 aliphatic rings. The lowest BCUT2D eigenvalue weighted by atomic mass is 9.99. The monoisotopic (exact) mass is 504 g/mol. The van der Waals surface area contributed by atoms with Crippen molar-refractivity contribution in [2.45, 2.75) is 25.4 Å². The van der Waals surface area contributed by atoms with E-state index in [0.717, 1.165) is 24.8 Å². The fourth-order valence-electron chi connectivity index (χ4n) is 3.69. The highest BCUT2D eigenvalue weighted by Crippen LogP contribution is 2.18. The fraction of sp³-hybridized carbons (Fsp3) is 0.519. The van der Waals surface area contributed by atoms with Crippen LogP contribution in [0.2, 0.25) is 0 Å². The smallest absolute Gasteiger partial charge is 0.223 e. The van der Waals surface area contributed by atoms with Crippen LogP contribution >= 0.6 is 0 Å².